The van der Waals surface area contributed by atoms with Gasteiger partial charge in [-0.05, 0) is 98.2 Å². The third-order valence-corrected chi connectivity index (χ3v) is 9.71. The van der Waals surface area contributed by atoms with Crippen LogP contribution in [0, 0.1) is 46.3 Å². The number of rotatable bonds is 3. The molecule has 0 spiro atoms. The first-order valence-electron chi connectivity index (χ1n) is 14.0. The molecule has 0 aromatic rings. The van der Waals surface area contributed by atoms with E-state index in [1.807, 2.05) is 41.5 Å². The number of carbonyl (C=O) groups excluding carboxylic acids is 1. The first kappa shape index (κ1) is 27.7. The molecule has 0 aromatic carbocycles. The minimum Gasteiger partial charge on any atom is -0.303 e. The van der Waals surface area contributed by atoms with Crippen LogP contribution in [0.15, 0.2) is 0 Å². The van der Waals surface area contributed by atoms with Gasteiger partial charge in [0.25, 0.3) is 0 Å². The Hall–Kier alpha value is -0.330. The van der Waals surface area contributed by atoms with Crippen molar-refractivity contribution in [1.82, 2.24) is 0 Å². The molecule has 30 heavy (non-hydrogen) atoms. The second kappa shape index (κ2) is 12.6. The maximum absolute atomic E-state index is 11.6. The summed E-state index contributed by atoms with van der Waals surface area (Å²) in [6, 6.07) is 0. The smallest absolute Gasteiger partial charge is 0.123 e. The summed E-state index contributed by atoms with van der Waals surface area (Å²) in [5, 5.41) is 0. The van der Waals surface area contributed by atoms with E-state index < -0.39 is 0 Å². The number of hydrogen-bond donors (Lipinski definition) is 0. The van der Waals surface area contributed by atoms with Crippen molar-refractivity contribution >= 4 is 6.29 Å². The van der Waals surface area contributed by atoms with E-state index in [4.69, 9.17) is 0 Å². The van der Waals surface area contributed by atoms with Gasteiger partial charge in [-0.2, -0.15) is 0 Å². The molecule has 4 aliphatic carbocycles. The number of carbonyl (C=O) groups is 1. The van der Waals surface area contributed by atoms with Gasteiger partial charge in [-0.3, -0.25) is 0 Å². The summed E-state index contributed by atoms with van der Waals surface area (Å²) in [5.74, 6) is 5.10. The Labute approximate surface area is 190 Å². The lowest BCUT2D eigenvalue weighted by Crippen LogP contribution is -2.53. The maximum atomic E-state index is 11.6. The van der Waals surface area contributed by atoms with Crippen LogP contribution in [0.4, 0.5) is 0 Å². The third-order valence-electron chi connectivity index (χ3n) is 9.71. The zero-order valence-electron chi connectivity index (χ0n) is 22.2. The predicted molar refractivity (Wildman–Crippen MR) is 134 cm³/mol. The average Bonchev–Trinajstić information content (AvgIpc) is 3.14. The molecule has 4 rings (SSSR count). The van der Waals surface area contributed by atoms with Crippen LogP contribution in [0.1, 0.15) is 133 Å². The van der Waals surface area contributed by atoms with Gasteiger partial charge < -0.3 is 4.79 Å². The van der Waals surface area contributed by atoms with E-state index >= 15 is 0 Å². The summed E-state index contributed by atoms with van der Waals surface area (Å²) < 4.78 is 0. The summed E-state index contributed by atoms with van der Waals surface area (Å²) in [4.78, 5) is 11.6. The lowest BCUT2D eigenvalue weighted by Gasteiger charge is -2.61. The third kappa shape index (κ3) is 5.01. The van der Waals surface area contributed by atoms with Crippen LogP contribution in [0.3, 0.4) is 0 Å². The topological polar surface area (TPSA) is 17.1 Å². The highest BCUT2D eigenvalue weighted by Gasteiger charge is 2.59. The minimum absolute atomic E-state index is 0.339. The Balaban J connectivity index is 0.000000691. The summed E-state index contributed by atoms with van der Waals surface area (Å²) in [5.41, 5.74) is 0.958. The summed E-state index contributed by atoms with van der Waals surface area (Å²) in [6.45, 7) is 19.5. The highest BCUT2D eigenvalue weighted by molar-refractivity contribution is 5.56. The summed E-state index contributed by atoms with van der Waals surface area (Å²) in [6.07, 6.45) is 16.8. The normalized spacial score (nSPS) is 43.6. The van der Waals surface area contributed by atoms with Gasteiger partial charge in [0, 0.05) is 5.92 Å². The molecule has 0 aliphatic heterocycles. The molecule has 0 radical (unpaired) electrons. The molecule has 1 heteroatoms. The van der Waals surface area contributed by atoms with Crippen molar-refractivity contribution in [3.8, 4) is 0 Å². The van der Waals surface area contributed by atoms with Gasteiger partial charge in [0.05, 0.1) is 0 Å². The molecule has 4 fully saturated rings. The van der Waals surface area contributed by atoms with E-state index in [-0.39, 0.29) is 0 Å². The van der Waals surface area contributed by atoms with Crippen LogP contribution in [0.5, 0.6) is 0 Å². The molecule has 178 valence electrons. The van der Waals surface area contributed by atoms with Crippen LogP contribution in [-0.2, 0) is 4.79 Å². The molecular formula is C29H56O. The van der Waals surface area contributed by atoms with Crippen molar-refractivity contribution in [2.24, 2.45) is 46.3 Å². The van der Waals surface area contributed by atoms with Gasteiger partial charge in [0.15, 0.2) is 0 Å². The van der Waals surface area contributed by atoms with Crippen molar-refractivity contribution in [2.75, 3.05) is 0 Å². The lowest BCUT2D eigenvalue weighted by molar-refractivity contribution is -0.128. The highest BCUT2D eigenvalue weighted by Crippen LogP contribution is 2.67. The van der Waals surface area contributed by atoms with Crippen LogP contribution < -0.4 is 0 Å². The van der Waals surface area contributed by atoms with Crippen LogP contribution >= 0.6 is 0 Å². The predicted octanol–water partition coefficient (Wildman–Crippen LogP) is 9.34. The molecule has 1 nitrogen and oxygen atoms in total. The van der Waals surface area contributed by atoms with Crippen molar-refractivity contribution < 1.29 is 4.79 Å². The largest absolute Gasteiger partial charge is 0.303 e. The fourth-order valence-corrected chi connectivity index (χ4v) is 8.28. The molecule has 0 amide bonds. The molecule has 4 saturated carbocycles. The van der Waals surface area contributed by atoms with Crippen LogP contribution in [-0.4, -0.2) is 6.29 Å². The van der Waals surface area contributed by atoms with Gasteiger partial charge in [-0.1, -0.05) is 75.2 Å². The Kier molecular flexibility index (Phi) is 11.7. The van der Waals surface area contributed by atoms with Crippen molar-refractivity contribution in [3.63, 3.8) is 0 Å². The van der Waals surface area contributed by atoms with Gasteiger partial charge >= 0.3 is 0 Å². The average molecular weight is 421 g/mol. The van der Waals surface area contributed by atoms with Crippen molar-refractivity contribution in [2.45, 2.75) is 133 Å². The number of aldehydes is 1. The van der Waals surface area contributed by atoms with Crippen LogP contribution in [0.25, 0.3) is 0 Å². The molecule has 0 saturated heterocycles. The monoisotopic (exact) mass is 420 g/mol. The second-order valence-corrected chi connectivity index (χ2v) is 10.5. The zero-order valence-corrected chi connectivity index (χ0v) is 22.2. The number of hydrogen-bond acceptors (Lipinski definition) is 1. The van der Waals surface area contributed by atoms with Gasteiger partial charge in [-0.15, -0.1) is 0 Å². The zero-order chi connectivity index (χ0) is 22.9. The van der Waals surface area contributed by atoms with E-state index in [1.54, 1.807) is 0 Å². The Morgan fingerprint density at radius 1 is 0.767 bits per heavy atom. The Bertz CT molecular complexity index is 485. The fourth-order valence-electron chi connectivity index (χ4n) is 8.28. The van der Waals surface area contributed by atoms with Gasteiger partial charge in [0.1, 0.15) is 6.29 Å². The Morgan fingerprint density at radius 3 is 1.97 bits per heavy atom. The molecule has 8 atom stereocenters. The van der Waals surface area contributed by atoms with E-state index in [0.717, 1.165) is 29.6 Å². The molecule has 8 unspecified atom stereocenters. The SMILES string of the molecule is CC.CC.CC.CCCC1CCC2(C)C(CCC3C4CCC(C=O)C4(C)CCC32)C1. The quantitative estimate of drug-likeness (QED) is 0.415. The second-order valence-electron chi connectivity index (χ2n) is 10.5. The summed E-state index contributed by atoms with van der Waals surface area (Å²) in [7, 11) is 0. The number of fused-ring (bicyclic) bond motifs is 5. The van der Waals surface area contributed by atoms with E-state index in [2.05, 4.69) is 20.8 Å². The highest BCUT2D eigenvalue weighted by atomic mass is 16.1. The minimum atomic E-state index is 0.339. The Morgan fingerprint density at radius 2 is 1.37 bits per heavy atom. The molecule has 0 N–H and O–H groups in total. The first-order valence-corrected chi connectivity index (χ1v) is 14.0. The van der Waals surface area contributed by atoms with E-state index in [1.165, 1.54) is 76.9 Å². The molecule has 0 heterocycles. The standard InChI is InChI=1S/C23H38O.3C2H6/c1-4-5-16-10-12-22(2)17(14-16)6-8-19-20-9-7-18(15-24)23(20,3)13-11-21(19)22;3*1-2/h15-21H,4-14H2,1-3H3;3*1-2H3. The molecule has 0 aromatic heterocycles. The van der Waals surface area contributed by atoms with Gasteiger partial charge in [-0.25, -0.2) is 0 Å². The fraction of sp³-hybridized carbons (Fsp3) is 0.966. The van der Waals surface area contributed by atoms with E-state index in [9.17, 15) is 4.79 Å². The molecule has 4 aliphatic rings. The van der Waals surface area contributed by atoms with E-state index in [0.29, 0.717) is 16.7 Å². The maximum Gasteiger partial charge on any atom is 0.123 e. The molecular weight excluding hydrogens is 364 g/mol. The summed E-state index contributed by atoms with van der Waals surface area (Å²) >= 11 is 0. The van der Waals surface area contributed by atoms with Crippen molar-refractivity contribution in [3.05, 3.63) is 0 Å². The molecule has 0 bridgehead atoms. The van der Waals surface area contributed by atoms with Gasteiger partial charge in [0.2, 0.25) is 0 Å². The lowest BCUT2D eigenvalue weighted by atomic mass is 9.44. The first-order chi connectivity index (χ1) is 14.5. The van der Waals surface area contributed by atoms with Crippen LogP contribution in [0.2, 0.25) is 0 Å². The van der Waals surface area contributed by atoms with Crippen molar-refractivity contribution in [1.29, 1.82) is 0 Å².